The van der Waals surface area contributed by atoms with Crippen molar-refractivity contribution in [2.24, 2.45) is 0 Å². The zero-order valence-electron chi connectivity index (χ0n) is 6.93. The molecule has 57 valence electrons. The lowest BCUT2D eigenvalue weighted by atomic mass is 10.0. The molecule has 1 aromatic carbocycles. The van der Waals surface area contributed by atoms with Gasteiger partial charge in [-0.1, -0.05) is 24.3 Å². The lowest BCUT2D eigenvalue weighted by molar-refractivity contribution is 1.24. The third kappa shape index (κ3) is 1.94. The fourth-order valence-corrected chi connectivity index (χ4v) is 1.05. The van der Waals surface area contributed by atoms with Crippen LogP contribution < -0.4 is 0 Å². The molecule has 0 aromatic heterocycles. The van der Waals surface area contributed by atoms with Crippen molar-refractivity contribution < 1.29 is 0 Å². The second kappa shape index (κ2) is 3.38. The van der Waals surface area contributed by atoms with Gasteiger partial charge >= 0.3 is 0 Å². The summed E-state index contributed by atoms with van der Waals surface area (Å²) in [4.78, 5) is 0. The minimum absolute atomic E-state index is 0.946. The van der Waals surface area contributed by atoms with Crippen LogP contribution in [0, 0.1) is 13.8 Å². The highest BCUT2D eigenvalue weighted by Crippen LogP contribution is 2.10. The second-order valence-electron chi connectivity index (χ2n) is 2.75. The number of allylic oxidation sites excluding steroid dienone is 1. The summed E-state index contributed by atoms with van der Waals surface area (Å²) in [6, 6.07) is 6.30. The maximum absolute atomic E-state index is 3.90. The summed E-state index contributed by atoms with van der Waals surface area (Å²) in [5, 5.41) is 0. The van der Waals surface area contributed by atoms with E-state index in [-0.39, 0.29) is 0 Å². The number of hydrogen-bond donors (Lipinski definition) is 0. The van der Waals surface area contributed by atoms with E-state index in [0.717, 1.165) is 12.0 Å². The molecule has 1 radical (unpaired) electrons. The monoisotopic (exact) mass is 145 g/mol. The van der Waals surface area contributed by atoms with Gasteiger partial charge in [0, 0.05) is 0 Å². The van der Waals surface area contributed by atoms with Crippen LogP contribution in [0.3, 0.4) is 0 Å². The number of benzene rings is 1. The molecule has 11 heavy (non-hydrogen) atoms. The Kier molecular flexibility index (Phi) is 2.48. The molecular formula is C11H13. The molecule has 0 amide bonds. The standard InChI is InChI=1S/C11H13/c1-4-5-11-7-6-9(2)10(3)8-11/h4,6-8H,1-2,5H2,3H3. The van der Waals surface area contributed by atoms with Crippen LogP contribution in [-0.2, 0) is 6.42 Å². The summed E-state index contributed by atoms with van der Waals surface area (Å²) < 4.78 is 0. The van der Waals surface area contributed by atoms with Gasteiger partial charge in [-0.05, 0) is 37.0 Å². The maximum Gasteiger partial charge on any atom is -0.0100 e. The van der Waals surface area contributed by atoms with E-state index in [1.165, 1.54) is 11.1 Å². The predicted octanol–water partition coefficient (Wildman–Crippen LogP) is 2.91. The summed E-state index contributed by atoms with van der Waals surface area (Å²) in [6.45, 7) is 9.67. The van der Waals surface area contributed by atoms with Gasteiger partial charge in [0.25, 0.3) is 0 Å². The highest BCUT2D eigenvalue weighted by atomic mass is 14.0. The molecule has 0 saturated heterocycles. The van der Waals surface area contributed by atoms with E-state index in [1.54, 1.807) is 0 Å². The topological polar surface area (TPSA) is 0 Å². The zero-order chi connectivity index (χ0) is 8.27. The van der Waals surface area contributed by atoms with E-state index in [9.17, 15) is 0 Å². The highest BCUT2D eigenvalue weighted by molar-refractivity contribution is 5.33. The van der Waals surface area contributed by atoms with E-state index in [1.807, 2.05) is 12.1 Å². The Morgan fingerprint density at radius 2 is 2.18 bits per heavy atom. The van der Waals surface area contributed by atoms with Crippen molar-refractivity contribution in [2.75, 3.05) is 0 Å². The van der Waals surface area contributed by atoms with E-state index in [4.69, 9.17) is 0 Å². The molecular weight excluding hydrogens is 132 g/mol. The molecule has 1 rings (SSSR count). The SMILES string of the molecule is [CH2]c1ccc(CC=C)cc1C. The summed E-state index contributed by atoms with van der Waals surface area (Å²) in [5.41, 5.74) is 3.67. The van der Waals surface area contributed by atoms with Crippen molar-refractivity contribution >= 4 is 0 Å². The summed E-state index contributed by atoms with van der Waals surface area (Å²) in [7, 11) is 0. The van der Waals surface area contributed by atoms with Crippen LogP contribution >= 0.6 is 0 Å². The minimum atomic E-state index is 0.946. The van der Waals surface area contributed by atoms with Gasteiger partial charge < -0.3 is 0 Å². The third-order valence-electron chi connectivity index (χ3n) is 1.79. The Labute approximate surface area is 68.6 Å². The first kappa shape index (κ1) is 8.06. The van der Waals surface area contributed by atoms with Gasteiger partial charge in [0.2, 0.25) is 0 Å². The summed E-state index contributed by atoms with van der Waals surface area (Å²) in [6.07, 6.45) is 2.86. The van der Waals surface area contributed by atoms with E-state index >= 15 is 0 Å². The fraction of sp³-hybridized carbons (Fsp3) is 0.182. The van der Waals surface area contributed by atoms with Gasteiger partial charge in [-0.3, -0.25) is 0 Å². The predicted molar refractivity (Wildman–Crippen MR) is 49.5 cm³/mol. The molecule has 0 unspecified atom stereocenters. The molecule has 0 aliphatic heterocycles. The molecule has 0 bridgehead atoms. The number of aryl methyl sites for hydroxylation is 1. The van der Waals surface area contributed by atoms with Crippen LogP contribution in [0.2, 0.25) is 0 Å². The summed E-state index contributed by atoms with van der Waals surface area (Å²) in [5.74, 6) is 0. The molecule has 0 N–H and O–H groups in total. The highest BCUT2D eigenvalue weighted by Gasteiger charge is 1.93. The second-order valence-corrected chi connectivity index (χ2v) is 2.75. The van der Waals surface area contributed by atoms with Crippen LogP contribution in [0.25, 0.3) is 0 Å². The van der Waals surface area contributed by atoms with Crippen LogP contribution in [0.5, 0.6) is 0 Å². The first-order valence-electron chi connectivity index (χ1n) is 3.76. The Morgan fingerprint density at radius 3 is 2.73 bits per heavy atom. The number of hydrogen-bond acceptors (Lipinski definition) is 0. The van der Waals surface area contributed by atoms with Crippen molar-refractivity contribution in [2.45, 2.75) is 13.3 Å². The molecule has 0 fully saturated rings. The van der Waals surface area contributed by atoms with Crippen molar-refractivity contribution in [1.29, 1.82) is 0 Å². The molecule has 0 saturated carbocycles. The Hall–Kier alpha value is -1.04. The van der Waals surface area contributed by atoms with Gasteiger partial charge in [0.05, 0.1) is 0 Å². The molecule has 0 heteroatoms. The lowest BCUT2D eigenvalue weighted by Gasteiger charge is -2.01. The fourth-order valence-electron chi connectivity index (χ4n) is 1.05. The Bertz CT molecular complexity index is 259. The van der Waals surface area contributed by atoms with Crippen molar-refractivity contribution in [3.05, 3.63) is 54.5 Å². The zero-order valence-corrected chi connectivity index (χ0v) is 6.93. The van der Waals surface area contributed by atoms with E-state index < -0.39 is 0 Å². The molecule has 0 aliphatic rings. The van der Waals surface area contributed by atoms with Crippen molar-refractivity contribution in [1.82, 2.24) is 0 Å². The average molecular weight is 145 g/mol. The van der Waals surface area contributed by atoms with Gasteiger partial charge in [0.15, 0.2) is 0 Å². The molecule has 0 spiro atoms. The van der Waals surface area contributed by atoms with Gasteiger partial charge in [-0.25, -0.2) is 0 Å². The van der Waals surface area contributed by atoms with Crippen molar-refractivity contribution in [3.63, 3.8) is 0 Å². The lowest BCUT2D eigenvalue weighted by Crippen LogP contribution is -1.85. The molecule has 1 aromatic rings. The molecule has 0 nitrogen and oxygen atoms in total. The van der Waals surface area contributed by atoms with E-state index in [2.05, 4.69) is 32.6 Å². The van der Waals surface area contributed by atoms with Gasteiger partial charge in [0.1, 0.15) is 0 Å². The molecule has 0 heterocycles. The van der Waals surface area contributed by atoms with Crippen LogP contribution in [-0.4, -0.2) is 0 Å². The molecule has 0 aliphatic carbocycles. The van der Waals surface area contributed by atoms with Gasteiger partial charge in [-0.15, -0.1) is 6.58 Å². The smallest absolute Gasteiger partial charge is 0.0100 e. The maximum atomic E-state index is 3.90. The molecule has 0 atom stereocenters. The quantitative estimate of drug-likeness (QED) is 0.561. The third-order valence-corrected chi connectivity index (χ3v) is 1.79. The average Bonchev–Trinajstić information content (AvgIpc) is 1.98. The summed E-state index contributed by atoms with van der Waals surface area (Å²) >= 11 is 0. The number of rotatable bonds is 2. The van der Waals surface area contributed by atoms with Crippen molar-refractivity contribution in [3.8, 4) is 0 Å². The minimum Gasteiger partial charge on any atom is -0.103 e. The van der Waals surface area contributed by atoms with Crippen LogP contribution in [0.1, 0.15) is 16.7 Å². The van der Waals surface area contributed by atoms with E-state index in [0.29, 0.717) is 0 Å². The van der Waals surface area contributed by atoms with Crippen LogP contribution in [0.15, 0.2) is 30.9 Å². The van der Waals surface area contributed by atoms with Gasteiger partial charge in [-0.2, -0.15) is 0 Å². The first-order valence-corrected chi connectivity index (χ1v) is 3.76. The largest absolute Gasteiger partial charge is 0.103 e. The first-order chi connectivity index (χ1) is 5.24. The Morgan fingerprint density at radius 1 is 1.45 bits per heavy atom. The Balaban J connectivity index is 2.95. The normalized spacial score (nSPS) is 9.64. The van der Waals surface area contributed by atoms with Crippen LogP contribution in [0.4, 0.5) is 0 Å².